The van der Waals surface area contributed by atoms with Gasteiger partial charge in [0.1, 0.15) is 5.82 Å². The first-order valence-electron chi connectivity index (χ1n) is 4.91. The molecule has 1 N–H and O–H groups in total. The quantitative estimate of drug-likeness (QED) is 0.653. The normalized spacial score (nSPS) is 11.9. The first-order chi connectivity index (χ1) is 7.65. The molecule has 0 saturated heterocycles. The topological polar surface area (TPSA) is 29.1 Å². The zero-order valence-electron chi connectivity index (χ0n) is 8.75. The van der Waals surface area contributed by atoms with E-state index >= 15 is 0 Å². The van der Waals surface area contributed by atoms with Gasteiger partial charge in [0, 0.05) is 6.54 Å². The lowest BCUT2D eigenvalue weighted by molar-refractivity contribution is -0.120. The average Bonchev–Trinajstić information content (AvgIpc) is 2.28. The number of hydrogen-bond acceptors (Lipinski definition) is 1. The van der Waals surface area contributed by atoms with Gasteiger partial charge in [-0.15, -0.1) is 6.58 Å². The van der Waals surface area contributed by atoms with Crippen LogP contribution in [-0.2, 0) is 11.2 Å². The lowest BCUT2D eigenvalue weighted by atomic mass is 10.1. The summed E-state index contributed by atoms with van der Waals surface area (Å²) in [7, 11) is 0. The molecule has 1 amide bonds. The molecular formula is C12H13BrFNO. The van der Waals surface area contributed by atoms with Crippen LogP contribution in [0.1, 0.15) is 5.56 Å². The highest BCUT2D eigenvalue weighted by molar-refractivity contribution is 9.10. The van der Waals surface area contributed by atoms with Gasteiger partial charge in [-0.1, -0.05) is 40.2 Å². The zero-order valence-corrected chi connectivity index (χ0v) is 10.3. The van der Waals surface area contributed by atoms with E-state index in [1.54, 1.807) is 24.3 Å². The Hall–Kier alpha value is -1.16. The van der Waals surface area contributed by atoms with Crippen molar-refractivity contribution in [2.45, 2.75) is 11.2 Å². The molecule has 0 saturated carbocycles. The predicted octanol–water partition coefficient (Wildman–Crippen LogP) is 2.43. The van der Waals surface area contributed by atoms with Crippen molar-refractivity contribution in [2.75, 3.05) is 6.54 Å². The van der Waals surface area contributed by atoms with Gasteiger partial charge in [0.25, 0.3) is 0 Å². The molecule has 0 heterocycles. The van der Waals surface area contributed by atoms with Crippen molar-refractivity contribution in [3.05, 3.63) is 48.3 Å². The van der Waals surface area contributed by atoms with E-state index in [9.17, 15) is 9.18 Å². The Morgan fingerprint density at radius 2 is 2.25 bits per heavy atom. The third kappa shape index (κ3) is 3.77. The Bertz CT molecular complexity index is 381. The molecule has 2 nitrogen and oxygen atoms in total. The maximum atomic E-state index is 13.3. The molecule has 1 unspecified atom stereocenters. The van der Waals surface area contributed by atoms with Crippen molar-refractivity contribution in [3.8, 4) is 0 Å². The summed E-state index contributed by atoms with van der Waals surface area (Å²) >= 11 is 3.23. The number of hydrogen-bond donors (Lipinski definition) is 1. The van der Waals surface area contributed by atoms with Gasteiger partial charge in [-0.2, -0.15) is 0 Å². The average molecular weight is 286 g/mol. The molecule has 16 heavy (non-hydrogen) atoms. The number of carbonyl (C=O) groups excluding carboxylic acids is 1. The summed E-state index contributed by atoms with van der Waals surface area (Å²) in [6.07, 6.45) is 1.93. The molecule has 0 radical (unpaired) electrons. The van der Waals surface area contributed by atoms with E-state index in [-0.39, 0.29) is 11.7 Å². The number of alkyl halides is 1. The van der Waals surface area contributed by atoms with E-state index < -0.39 is 4.83 Å². The number of carbonyl (C=O) groups is 1. The second-order valence-electron chi connectivity index (χ2n) is 3.30. The second kappa shape index (κ2) is 6.43. The van der Waals surface area contributed by atoms with Gasteiger partial charge in [0.05, 0.1) is 4.83 Å². The standard InChI is InChI=1S/C12H13BrFNO/c1-2-7-15-12(16)10(13)8-9-5-3-4-6-11(9)14/h2-6,10H,1,7-8H2,(H,15,16). The number of amides is 1. The van der Waals surface area contributed by atoms with Crippen molar-refractivity contribution in [1.82, 2.24) is 5.32 Å². The molecular weight excluding hydrogens is 273 g/mol. The number of nitrogens with one attached hydrogen (secondary N) is 1. The van der Waals surface area contributed by atoms with E-state index in [1.165, 1.54) is 6.07 Å². The van der Waals surface area contributed by atoms with Gasteiger partial charge < -0.3 is 5.32 Å². The van der Waals surface area contributed by atoms with E-state index in [1.807, 2.05) is 0 Å². The van der Waals surface area contributed by atoms with Crippen LogP contribution in [-0.4, -0.2) is 17.3 Å². The largest absolute Gasteiger partial charge is 0.352 e. The summed E-state index contributed by atoms with van der Waals surface area (Å²) in [5.74, 6) is -0.452. The minimum Gasteiger partial charge on any atom is -0.352 e. The first kappa shape index (κ1) is 12.9. The Labute approximate surface area is 103 Å². The van der Waals surface area contributed by atoms with E-state index in [0.29, 0.717) is 18.5 Å². The summed E-state index contributed by atoms with van der Waals surface area (Å²) < 4.78 is 13.3. The van der Waals surface area contributed by atoms with Crippen LogP contribution >= 0.6 is 15.9 Å². The van der Waals surface area contributed by atoms with E-state index in [4.69, 9.17) is 0 Å². The fourth-order valence-electron chi connectivity index (χ4n) is 1.23. The molecule has 1 rings (SSSR count). The Morgan fingerprint density at radius 1 is 1.56 bits per heavy atom. The molecule has 0 aliphatic carbocycles. The van der Waals surface area contributed by atoms with Gasteiger partial charge in [-0.3, -0.25) is 4.79 Å². The maximum absolute atomic E-state index is 13.3. The van der Waals surface area contributed by atoms with Crippen molar-refractivity contribution >= 4 is 21.8 Å². The van der Waals surface area contributed by atoms with Crippen molar-refractivity contribution in [1.29, 1.82) is 0 Å². The van der Waals surface area contributed by atoms with Crippen LogP contribution in [0.25, 0.3) is 0 Å². The van der Waals surface area contributed by atoms with Crippen LogP contribution in [0.4, 0.5) is 4.39 Å². The van der Waals surface area contributed by atoms with Gasteiger partial charge in [-0.25, -0.2) is 4.39 Å². The fraction of sp³-hybridized carbons (Fsp3) is 0.250. The van der Waals surface area contributed by atoms with Gasteiger partial charge >= 0.3 is 0 Å². The van der Waals surface area contributed by atoms with Crippen LogP contribution in [0.3, 0.4) is 0 Å². The van der Waals surface area contributed by atoms with E-state index in [2.05, 4.69) is 27.8 Å². The first-order valence-corrected chi connectivity index (χ1v) is 5.82. The second-order valence-corrected chi connectivity index (χ2v) is 4.40. The van der Waals surface area contributed by atoms with Gasteiger partial charge in [-0.05, 0) is 18.1 Å². The number of halogens is 2. The van der Waals surface area contributed by atoms with Crippen LogP contribution < -0.4 is 5.32 Å². The predicted molar refractivity (Wildman–Crippen MR) is 66.0 cm³/mol. The monoisotopic (exact) mass is 285 g/mol. The molecule has 1 atom stereocenters. The van der Waals surface area contributed by atoms with Crippen LogP contribution in [0, 0.1) is 5.82 Å². The maximum Gasteiger partial charge on any atom is 0.234 e. The highest BCUT2D eigenvalue weighted by atomic mass is 79.9. The summed E-state index contributed by atoms with van der Waals surface area (Å²) in [5.41, 5.74) is 0.526. The van der Waals surface area contributed by atoms with Crippen molar-refractivity contribution in [3.63, 3.8) is 0 Å². The van der Waals surface area contributed by atoms with Crippen LogP contribution in [0.2, 0.25) is 0 Å². The van der Waals surface area contributed by atoms with Gasteiger partial charge in [0.2, 0.25) is 5.91 Å². The number of benzene rings is 1. The Balaban J connectivity index is 2.57. The molecule has 1 aromatic rings. The van der Waals surface area contributed by atoms with Crippen LogP contribution in [0.5, 0.6) is 0 Å². The lowest BCUT2D eigenvalue weighted by Gasteiger charge is -2.10. The SMILES string of the molecule is C=CCNC(=O)C(Br)Cc1ccccc1F. The molecule has 0 aliphatic heterocycles. The summed E-state index contributed by atoms with van der Waals surface area (Å²) in [5, 5.41) is 2.65. The number of rotatable bonds is 5. The third-order valence-electron chi connectivity index (χ3n) is 2.06. The molecule has 86 valence electrons. The van der Waals surface area contributed by atoms with Gasteiger partial charge in [0.15, 0.2) is 0 Å². The molecule has 4 heteroatoms. The highest BCUT2D eigenvalue weighted by Gasteiger charge is 2.16. The minimum atomic E-state index is -0.427. The minimum absolute atomic E-state index is 0.164. The summed E-state index contributed by atoms with van der Waals surface area (Å²) in [6.45, 7) is 3.91. The molecule has 0 aromatic heterocycles. The molecule has 0 fully saturated rings. The third-order valence-corrected chi connectivity index (χ3v) is 2.80. The Morgan fingerprint density at radius 3 is 2.88 bits per heavy atom. The molecule has 0 bridgehead atoms. The molecule has 1 aromatic carbocycles. The molecule has 0 spiro atoms. The molecule has 0 aliphatic rings. The van der Waals surface area contributed by atoms with Crippen molar-refractivity contribution in [2.24, 2.45) is 0 Å². The fourth-order valence-corrected chi connectivity index (χ4v) is 1.74. The lowest BCUT2D eigenvalue weighted by Crippen LogP contribution is -2.32. The smallest absolute Gasteiger partial charge is 0.234 e. The summed E-state index contributed by atoms with van der Waals surface area (Å²) in [4.78, 5) is 11.1. The van der Waals surface area contributed by atoms with Crippen LogP contribution in [0.15, 0.2) is 36.9 Å². The van der Waals surface area contributed by atoms with Crippen molar-refractivity contribution < 1.29 is 9.18 Å². The zero-order chi connectivity index (χ0) is 12.0. The highest BCUT2D eigenvalue weighted by Crippen LogP contribution is 2.13. The van der Waals surface area contributed by atoms with E-state index in [0.717, 1.165) is 0 Å². The Kier molecular flexibility index (Phi) is 5.19. The summed E-state index contributed by atoms with van der Waals surface area (Å²) in [6, 6.07) is 6.43.